The maximum absolute atomic E-state index is 13.9. The number of aromatic amines is 1. The molecule has 0 aliphatic heterocycles. The predicted molar refractivity (Wildman–Crippen MR) is 91.8 cm³/mol. The number of fused-ring (bicyclic) bond motifs is 1. The van der Waals surface area contributed by atoms with Crippen molar-refractivity contribution in [1.29, 1.82) is 0 Å². The molecule has 0 radical (unpaired) electrons. The summed E-state index contributed by atoms with van der Waals surface area (Å²) in [5.74, 6) is 5.76. The first-order valence-electron chi connectivity index (χ1n) is 7.94. The normalized spacial score (nSPS) is 15.0. The summed E-state index contributed by atoms with van der Waals surface area (Å²) in [5, 5.41) is 13.8. The second-order valence-electron chi connectivity index (χ2n) is 6.05. The Morgan fingerprint density at radius 2 is 2.12 bits per heavy atom. The van der Waals surface area contributed by atoms with E-state index >= 15 is 0 Å². The zero-order valence-electron chi connectivity index (χ0n) is 13.3. The molecule has 1 fully saturated rings. The monoisotopic (exact) mass is 337 g/mol. The lowest BCUT2D eigenvalue weighted by molar-refractivity contribution is 0.136. The number of hydrogen-bond acceptors (Lipinski definition) is 5. The van der Waals surface area contributed by atoms with Gasteiger partial charge in [-0.2, -0.15) is 0 Å². The van der Waals surface area contributed by atoms with Gasteiger partial charge in [0.25, 0.3) is 0 Å². The van der Waals surface area contributed by atoms with E-state index in [0.29, 0.717) is 39.6 Å². The summed E-state index contributed by atoms with van der Waals surface area (Å²) in [5.41, 5.74) is 8.03. The topological polar surface area (TPSA) is 99.9 Å². The van der Waals surface area contributed by atoms with Crippen molar-refractivity contribution in [2.24, 2.45) is 0 Å². The SMILES string of the molecule is Nc1ncnc2[nH]cc(C#Cc3cc(F)cc(C(O)NC4CC4)c3)c12. The first-order chi connectivity index (χ1) is 12.1. The van der Waals surface area contributed by atoms with Gasteiger partial charge < -0.3 is 15.8 Å². The molecular formula is C18H16FN5O. The Balaban J connectivity index is 1.66. The van der Waals surface area contributed by atoms with Crippen LogP contribution in [0.1, 0.15) is 35.8 Å². The fraction of sp³-hybridized carbons (Fsp3) is 0.222. The number of H-pyrrole nitrogens is 1. The minimum atomic E-state index is -0.902. The number of nitrogen functional groups attached to an aromatic ring is 1. The van der Waals surface area contributed by atoms with Crippen LogP contribution in [0.3, 0.4) is 0 Å². The molecule has 3 aromatic rings. The van der Waals surface area contributed by atoms with E-state index in [0.717, 1.165) is 12.8 Å². The number of aliphatic hydroxyl groups is 1. The molecule has 1 saturated carbocycles. The van der Waals surface area contributed by atoms with Crippen LogP contribution in [-0.2, 0) is 0 Å². The molecule has 1 aliphatic carbocycles. The molecule has 7 heteroatoms. The second-order valence-corrected chi connectivity index (χ2v) is 6.05. The highest BCUT2D eigenvalue weighted by Crippen LogP contribution is 2.24. The molecule has 1 aromatic carbocycles. The van der Waals surface area contributed by atoms with Crippen molar-refractivity contribution in [3.63, 3.8) is 0 Å². The first kappa shape index (κ1) is 15.6. The van der Waals surface area contributed by atoms with Gasteiger partial charge in [0.2, 0.25) is 0 Å². The molecule has 25 heavy (non-hydrogen) atoms. The van der Waals surface area contributed by atoms with Gasteiger partial charge in [0, 0.05) is 17.8 Å². The lowest BCUT2D eigenvalue weighted by atomic mass is 10.1. The van der Waals surface area contributed by atoms with Crippen LogP contribution >= 0.6 is 0 Å². The molecule has 5 N–H and O–H groups in total. The summed E-state index contributed by atoms with van der Waals surface area (Å²) in [6.07, 6.45) is 4.22. The number of nitrogens with two attached hydrogens (primary N) is 1. The standard InChI is InChI=1S/C18H16FN5O/c19-13-6-10(5-12(7-13)18(25)24-14-3-4-14)1-2-11-8-21-17-15(11)16(20)22-9-23-17/h5-9,14,18,24-25H,3-4H2,(H3,20,21,22,23). The molecule has 0 saturated heterocycles. The highest BCUT2D eigenvalue weighted by Gasteiger charge is 2.24. The number of rotatable bonds is 3. The molecule has 4 rings (SSSR count). The third-order valence-corrected chi connectivity index (χ3v) is 4.05. The molecule has 0 spiro atoms. The van der Waals surface area contributed by atoms with Crippen molar-refractivity contribution in [2.75, 3.05) is 5.73 Å². The van der Waals surface area contributed by atoms with Gasteiger partial charge in [0.1, 0.15) is 29.8 Å². The van der Waals surface area contributed by atoms with Crippen molar-refractivity contribution >= 4 is 16.9 Å². The predicted octanol–water partition coefficient (Wildman–Crippen LogP) is 1.82. The van der Waals surface area contributed by atoms with Crippen LogP contribution in [-0.4, -0.2) is 26.1 Å². The summed E-state index contributed by atoms with van der Waals surface area (Å²) < 4.78 is 13.9. The number of aliphatic hydroxyl groups excluding tert-OH is 1. The number of anilines is 1. The number of halogens is 1. The molecule has 6 nitrogen and oxygen atoms in total. The van der Waals surface area contributed by atoms with Crippen molar-refractivity contribution in [2.45, 2.75) is 25.1 Å². The summed E-state index contributed by atoms with van der Waals surface area (Å²) >= 11 is 0. The van der Waals surface area contributed by atoms with Crippen LogP contribution in [0.2, 0.25) is 0 Å². The largest absolute Gasteiger partial charge is 0.383 e. The van der Waals surface area contributed by atoms with Gasteiger partial charge in [0.15, 0.2) is 0 Å². The van der Waals surface area contributed by atoms with Crippen LogP contribution in [0, 0.1) is 17.7 Å². The molecule has 1 atom stereocenters. The minimum absolute atomic E-state index is 0.307. The second kappa shape index (κ2) is 6.16. The molecule has 0 bridgehead atoms. The molecule has 1 aliphatic rings. The van der Waals surface area contributed by atoms with E-state index in [4.69, 9.17) is 5.73 Å². The van der Waals surface area contributed by atoms with Crippen LogP contribution in [0.25, 0.3) is 11.0 Å². The van der Waals surface area contributed by atoms with Crippen molar-refractivity contribution < 1.29 is 9.50 Å². The Kier molecular flexibility index (Phi) is 3.84. The van der Waals surface area contributed by atoms with E-state index in [1.54, 1.807) is 12.3 Å². The summed E-state index contributed by atoms with van der Waals surface area (Å²) in [6.45, 7) is 0. The highest BCUT2D eigenvalue weighted by atomic mass is 19.1. The van der Waals surface area contributed by atoms with Crippen molar-refractivity contribution in [3.8, 4) is 11.8 Å². The lowest BCUT2D eigenvalue weighted by Crippen LogP contribution is -2.23. The number of benzene rings is 1. The van der Waals surface area contributed by atoms with E-state index in [-0.39, 0.29) is 0 Å². The van der Waals surface area contributed by atoms with E-state index in [9.17, 15) is 9.50 Å². The van der Waals surface area contributed by atoms with Gasteiger partial charge in [-0.25, -0.2) is 14.4 Å². The molecule has 2 heterocycles. The maximum atomic E-state index is 13.9. The molecule has 2 aromatic heterocycles. The third-order valence-electron chi connectivity index (χ3n) is 4.05. The Bertz CT molecular complexity index is 1000. The average Bonchev–Trinajstić information content (AvgIpc) is 3.30. The van der Waals surface area contributed by atoms with Crippen molar-refractivity contribution in [3.05, 3.63) is 53.2 Å². The van der Waals surface area contributed by atoms with E-state index in [1.165, 1.54) is 18.5 Å². The maximum Gasteiger partial charge on any atom is 0.144 e. The van der Waals surface area contributed by atoms with Crippen molar-refractivity contribution in [1.82, 2.24) is 20.3 Å². The van der Waals surface area contributed by atoms with Gasteiger partial charge in [-0.3, -0.25) is 5.32 Å². The van der Waals surface area contributed by atoms with Crippen LogP contribution < -0.4 is 11.1 Å². The quantitative estimate of drug-likeness (QED) is 0.431. The lowest BCUT2D eigenvalue weighted by Gasteiger charge is -2.12. The van der Waals surface area contributed by atoms with Crippen LogP contribution in [0.4, 0.5) is 10.2 Å². The van der Waals surface area contributed by atoms with E-state index < -0.39 is 12.0 Å². The molecule has 0 amide bonds. The van der Waals surface area contributed by atoms with E-state index in [1.807, 2.05) is 0 Å². The first-order valence-corrected chi connectivity index (χ1v) is 7.94. The fourth-order valence-electron chi connectivity index (χ4n) is 2.64. The van der Waals surface area contributed by atoms with E-state index in [2.05, 4.69) is 32.1 Å². The number of aromatic nitrogens is 3. The molecular weight excluding hydrogens is 321 g/mol. The molecule has 1 unspecified atom stereocenters. The third kappa shape index (κ3) is 3.31. The zero-order valence-corrected chi connectivity index (χ0v) is 13.3. The Morgan fingerprint density at radius 3 is 2.92 bits per heavy atom. The van der Waals surface area contributed by atoms with Gasteiger partial charge in [0.05, 0.1) is 10.9 Å². The van der Waals surface area contributed by atoms with Crippen LogP contribution in [0.15, 0.2) is 30.7 Å². The number of nitrogens with one attached hydrogen (secondary N) is 2. The van der Waals surface area contributed by atoms with Gasteiger partial charge in [-0.05, 0) is 36.6 Å². The Labute approximate surface area is 143 Å². The summed E-state index contributed by atoms with van der Waals surface area (Å²) in [6, 6.07) is 4.62. The Hall–Kier alpha value is -2.95. The number of hydrogen-bond donors (Lipinski definition) is 4. The average molecular weight is 337 g/mol. The van der Waals surface area contributed by atoms with Crippen LogP contribution in [0.5, 0.6) is 0 Å². The van der Waals surface area contributed by atoms with Gasteiger partial charge in [-0.1, -0.05) is 11.8 Å². The Morgan fingerprint density at radius 1 is 1.28 bits per heavy atom. The highest BCUT2D eigenvalue weighted by molar-refractivity contribution is 5.91. The minimum Gasteiger partial charge on any atom is -0.383 e. The number of nitrogens with zero attached hydrogens (tertiary/aromatic N) is 2. The summed E-state index contributed by atoms with van der Waals surface area (Å²) in [7, 11) is 0. The smallest absolute Gasteiger partial charge is 0.144 e. The van der Waals surface area contributed by atoms with Gasteiger partial charge >= 0.3 is 0 Å². The summed E-state index contributed by atoms with van der Waals surface area (Å²) in [4.78, 5) is 11.0. The molecule has 126 valence electrons. The fourth-order valence-corrected chi connectivity index (χ4v) is 2.64. The zero-order chi connectivity index (χ0) is 17.4. The van der Waals surface area contributed by atoms with Gasteiger partial charge in [-0.15, -0.1) is 0 Å².